The van der Waals surface area contributed by atoms with Crippen LogP contribution in [0.4, 0.5) is 5.13 Å². The van der Waals surface area contributed by atoms with Crippen LogP contribution in [-0.4, -0.2) is 29.1 Å². The number of anilines is 1. The van der Waals surface area contributed by atoms with Crippen molar-refractivity contribution in [3.63, 3.8) is 0 Å². The molecular formula is C14H20N2O2S. The fraction of sp³-hybridized carbons (Fsp3) is 0.714. The standard InChI is InChI=1S/C14H20N2O2S/c17-9-10-7-13(18)16(8-10)14-15-11-5-3-1-2-4-6-12(11)19-14/h10,17H,1-9H2. The van der Waals surface area contributed by atoms with Crippen molar-refractivity contribution in [3.8, 4) is 0 Å². The number of aliphatic hydroxyl groups is 1. The average molecular weight is 280 g/mol. The molecule has 5 heteroatoms. The maximum atomic E-state index is 12.0. The predicted molar refractivity (Wildman–Crippen MR) is 75.5 cm³/mol. The molecule has 1 N–H and O–H groups in total. The largest absolute Gasteiger partial charge is 0.396 e. The van der Waals surface area contributed by atoms with E-state index in [2.05, 4.69) is 0 Å². The van der Waals surface area contributed by atoms with Gasteiger partial charge in [-0.2, -0.15) is 0 Å². The van der Waals surface area contributed by atoms with Crippen LogP contribution in [-0.2, 0) is 17.6 Å². The second kappa shape index (κ2) is 5.59. The van der Waals surface area contributed by atoms with Gasteiger partial charge < -0.3 is 5.11 Å². The number of amides is 1. The minimum atomic E-state index is 0.0824. The number of aryl methyl sites for hydroxylation is 2. The van der Waals surface area contributed by atoms with Gasteiger partial charge in [-0.15, -0.1) is 11.3 Å². The van der Waals surface area contributed by atoms with Gasteiger partial charge in [0.15, 0.2) is 5.13 Å². The second-order valence-corrected chi connectivity index (χ2v) is 6.60. The molecule has 1 amide bonds. The maximum Gasteiger partial charge on any atom is 0.229 e. The van der Waals surface area contributed by atoms with Crippen molar-refractivity contribution in [2.75, 3.05) is 18.1 Å². The molecule has 0 radical (unpaired) electrons. The minimum Gasteiger partial charge on any atom is -0.396 e. The molecule has 1 aliphatic carbocycles. The van der Waals surface area contributed by atoms with Gasteiger partial charge in [0.2, 0.25) is 5.91 Å². The van der Waals surface area contributed by atoms with Crippen LogP contribution >= 0.6 is 11.3 Å². The van der Waals surface area contributed by atoms with E-state index in [-0.39, 0.29) is 18.4 Å². The molecule has 1 unspecified atom stereocenters. The van der Waals surface area contributed by atoms with Gasteiger partial charge in [0.1, 0.15) is 0 Å². The number of aliphatic hydroxyl groups excluding tert-OH is 1. The van der Waals surface area contributed by atoms with Crippen molar-refractivity contribution < 1.29 is 9.90 Å². The molecule has 4 nitrogen and oxygen atoms in total. The molecular weight excluding hydrogens is 260 g/mol. The van der Waals surface area contributed by atoms with E-state index < -0.39 is 0 Å². The Morgan fingerprint density at radius 2 is 2.05 bits per heavy atom. The first-order chi connectivity index (χ1) is 9.28. The Morgan fingerprint density at radius 3 is 2.79 bits per heavy atom. The fourth-order valence-electron chi connectivity index (χ4n) is 2.90. The lowest BCUT2D eigenvalue weighted by Gasteiger charge is -2.11. The predicted octanol–water partition coefficient (Wildman–Crippen LogP) is 2.15. The van der Waals surface area contributed by atoms with E-state index in [4.69, 9.17) is 4.98 Å². The van der Waals surface area contributed by atoms with Crippen LogP contribution in [0.25, 0.3) is 0 Å². The van der Waals surface area contributed by atoms with Crippen LogP contribution < -0.4 is 4.90 Å². The van der Waals surface area contributed by atoms with E-state index in [1.807, 2.05) is 0 Å². The summed E-state index contributed by atoms with van der Waals surface area (Å²) in [5.74, 6) is 0.194. The van der Waals surface area contributed by atoms with Crippen LogP contribution in [0.2, 0.25) is 0 Å². The first kappa shape index (κ1) is 13.1. The molecule has 2 aliphatic rings. The summed E-state index contributed by atoms with van der Waals surface area (Å²) >= 11 is 1.68. The van der Waals surface area contributed by atoms with Crippen molar-refractivity contribution >= 4 is 22.4 Å². The summed E-state index contributed by atoms with van der Waals surface area (Å²) in [6.07, 6.45) is 7.67. The van der Waals surface area contributed by atoms with Crippen LogP contribution in [0.5, 0.6) is 0 Å². The Morgan fingerprint density at radius 1 is 1.26 bits per heavy atom. The van der Waals surface area contributed by atoms with Gasteiger partial charge in [0, 0.05) is 30.4 Å². The molecule has 1 saturated heterocycles. The zero-order chi connectivity index (χ0) is 13.2. The highest BCUT2D eigenvalue weighted by Gasteiger charge is 2.32. The monoisotopic (exact) mass is 280 g/mol. The van der Waals surface area contributed by atoms with Crippen LogP contribution in [0.1, 0.15) is 42.7 Å². The summed E-state index contributed by atoms with van der Waals surface area (Å²) in [6.45, 7) is 0.717. The second-order valence-electron chi connectivity index (χ2n) is 5.54. The summed E-state index contributed by atoms with van der Waals surface area (Å²) < 4.78 is 0. The molecule has 1 fully saturated rings. The van der Waals surface area contributed by atoms with E-state index in [0.29, 0.717) is 13.0 Å². The summed E-state index contributed by atoms with van der Waals surface area (Å²) in [4.78, 5) is 19.8. The Bertz CT molecular complexity index is 447. The Labute approximate surface area is 117 Å². The Kier molecular flexibility index (Phi) is 3.84. The number of rotatable bonds is 2. The van der Waals surface area contributed by atoms with Crippen molar-refractivity contribution in [1.82, 2.24) is 4.98 Å². The summed E-state index contributed by atoms with van der Waals surface area (Å²) in [7, 11) is 0. The molecule has 3 rings (SSSR count). The number of thiazole rings is 1. The molecule has 0 aromatic carbocycles. The third kappa shape index (κ3) is 2.67. The van der Waals surface area contributed by atoms with Gasteiger partial charge in [0.25, 0.3) is 0 Å². The van der Waals surface area contributed by atoms with Crippen LogP contribution in [0, 0.1) is 5.92 Å². The molecule has 1 aromatic heterocycles. The molecule has 0 saturated carbocycles. The van der Waals surface area contributed by atoms with Crippen LogP contribution in [0.15, 0.2) is 0 Å². The van der Waals surface area contributed by atoms with E-state index in [1.54, 1.807) is 16.2 Å². The SMILES string of the molecule is O=C1CC(CO)CN1c1nc2c(s1)CCCCCC2. The Hall–Kier alpha value is -0.940. The highest BCUT2D eigenvalue weighted by Crippen LogP contribution is 2.33. The number of carbonyl (C=O) groups is 1. The zero-order valence-electron chi connectivity index (χ0n) is 11.1. The summed E-state index contributed by atoms with van der Waals surface area (Å²) in [5.41, 5.74) is 1.21. The summed E-state index contributed by atoms with van der Waals surface area (Å²) in [6, 6.07) is 0. The zero-order valence-corrected chi connectivity index (χ0v) is 11.9. The highest BCUT2D eigenvalue weighted by molar-refractivity contribution is 7.15. The van der Waals surface area contributed by atoms with Gasteiger partial charge in [-0.1, -0.05) is 12.8 Å². The van der Waals surface area contributed by atoms with Gasteiger partial charge in [0.05, 0.1) is 5.69 Å². The van der Waals surface area contributed by atoms with Crippen molar-refractivity contribution in [2.45, 2.75) is 44.9 Å². The molecule has 2 heterocycles. The highest BCUT2D eigenvalue weighted by atomic mass is 32.1. The van der Waals surface area contributed by atoms with E-state index >= 15 is 0 Å². The van der Waals surface area contributed by atoms with Crippen molar-refractivity contribution in [2.24, 2.45) is 5.92 Å². The number of hydrogen-bond donors (Lipinski definition) is 1. The fourth-order valence-corrected chi connectivity index (χ4v) is 4.07. The maximum absolute atomic E-state index is 12.0. The third-order valence-electron chi connectivity index (χ3n) is 4.03. The van der Waals surface area contributed by atoms with E-state index in [9.17, 15) is 9.90 Å². The number of fused-ring (bicyclic) bond motifs is 1. The molecule has 1 aromatic rings. The smallest absolute Gasteiger partial charge is 0.229 e. The number of aromatic nitrogens is 1. The van der Waals surface area contributed by atoms with Crippen LogP contribution in [0.3, 0.4) is 0 Å². The molecule has 0 spiro atoms. The Balaban J connectivity index is 1.82. The average Bonchev–Trinajstić information content (AvgIpc) is 2.93. The van der Waals surface area contributed by atoms with Gasteiger partial charge in [-0.25, -0.2) is 4.98 Å². The van der Waals surface area contributed by atoms with Gasteiger partial charge in [-0.05, 0) is 25.7 Å². The lowest BCUT2D eigenvalue weighted by molar-refractivity contribution is -0.117. The summed E-state index contributed by atoms with van der Waals surface area (Å²) in [5, 5.41) is 10.0. The van der Waals surface area contributed by atoms with Crippen molar-refractivity contribution in [3.05, 3.63) is 10.6 Å². The molecule has 1 atom stereocenters. The number of carbonyl (C=O) groups excluding carboxylic acids is 1. The topological polar surface area (TPSA) is 53.4 Å². The normalized spacial score (nSPS) is 24.2. The van der Waals surface area contributed by atoms with Crippen molar-refractivity contribution in [1.29, 1.82) is 0 Å². The first-order valence-electron chi connectivity index (χ1n) is 7.17. The van der Waals surface area contributed by atoms with Gasteiger partial charge in [-0.3, -0.25) is 9.69 Å². The quantitative estimate of drug-likeness (QED) is 0.903. The number of hydrogen-bond acceptors (Lipinski definition) is 4. The molecule has 19 heavy (non-hydrogen) atoms. The molecule has 1 aliphatic heterocycles. The molecule has 0 bridgehead atoms. The lowest BCUT2D eigenvalue weighted by Crippen LogP contribution is -2.24. The minimum absolute atomic E-state index is 0.0824. The van der Waals surface area contributed by atoms with E-state index in [0.717, 1.165) is 18.0 Å². The lowest BCUT2D eigenvalue weighted by atomic mass is 10.0. The van der Waals surface area contributed by atoms with Gasteiger partial charge >= 0.3 is 0 Å². The third-order valence-corrected chi connectivity index (χ3v) is 5.21. The molecule has 104 valence electrons. The number of nitrogens with zero attached hydrogens (tertiary/aromatic N) is 2. The van der Waals surface area contributed by atoms with E-state index in [1.165, 1.54) is 36.3 Å². The first-order valence-corrected chi connectivity index (χ1v) is 7.99.